The third kappa shape index (κ3) is 4.33. The van der Waals surface area contributed by atoms with Crippen molar-refractivity contribution in [2.45, 2.75) is 6.18 Å². The van der Waals surface area contributed by atoms with Gasteiger partial charge in [-0.1, -0.05) is 18.2 Å². The van der Waals surface area contributed by atoms with Crippen LogP contribution in [0.5, 0.6) is 11.5 Å². The SMILES string of the molecule is N#C/C(=C\c1ccccc1C(F)(F)F)C(=O)Nc1cc2c(cc1[N+](=O)[O-])OCCO2. The molecule has 0 saturated carbocycles. The first-order valence-electron chi connectivity index (χ1n) is 8.38. The molecular formula is C19H12F3N3O5. The molecular weight excluding hydrogens is 407 g/mol. The van der Waals surface area contributed by atoms with Crippen LogP contribution < -0.4 is 14.8 Å². The second-order valence-electron chi connectivity index (χ2n) is 5.98. The highest BCUT2D eigenvalue weighted by atomic mass is 19.4. The van der Waals surface area contributed by atoms with Gasteiger partial charge in [-0.3, -0.25) is 14.9 Å². The van der Waals surface area contributed by atoms with Gasteiger partial charge in [-0.25, -0.2) is 0 Å². The van der Waals surface area contributed by atoms with Crippen LogP contribution in [0.15, 0.2) is 42.0 Å². The Morgan fingerprint density at radius 3 is 2.43 bits per heavy atom. The van der Waals surface area contributed by atoms with Crippen molar-refractivity contribution in [3.63, 3.8) is 0 Å². The number of fused-ring (bicyclic) bond motifs is 1. The van der Waals surface area contributed by atoms with Gasteiger partial charge in [0.05, 0.1) is 16.6 Å². The zero-order valence-corrected chi connectivity index (χ0v) is 15.0. The average Bonchev–Trinajstić information content (AvgIpc) is 2.70. The maximum Gasteiger partial charge on any atom is 0.416 e. The number of nitrogens with one attached hydrogen (secondary N) is 1. The van der Waals surface area contributed by atoms with Crippen molar-refractivity contribution in [1.29, 1.82) is 5.26 Å². The predicted octanol–water partition coefficient (Wildman–Crippen LogP) is 3.93. The predicted molar refractivity (Wildman–Crippen MR) is 97.8 cm³/mol. The van der Waals surface area contributed by atoms with Crippen molar-refractivity contribution in [2.24, 2.45) is 0 Å². The van der Waals surface area contributed by atoms with Gasteiger partial charge in [0.15, 0.2) is 11.5 Å². The third-order valence-corrected chi connectivity index (χ3v) is 4.04. The third-order valence-electron chi connectivity index (χ3n) is 4.04. The van der Waals surface area contributed by atoms with Crippen LogP contribution >= 0.6 is 0 Å². The highest BCUT2D eigenvalue weighted by Gasteiger charge is 2.33. The molecule has 0 radical (unpaired) electrons. The standard InChI is InChI=1S/C19H12F3N3O5/c20-19(21,22)13-4-2-1-3-11(13)7-12(10-23)18(26)24-14-8-16-17(30-6-5-29-16)9-15(14)25(27)28/h1-4,7-9H,5-6H2,(H,24,26)/b12-7+. The molecule has 1 aliphatic rings. The number of nitro groups is 1. The summed E-state index contributed by atoms with van der Waals surface area (Å²) in [4.78, 5) is 23.0. The molecule has 0 atom stereocenters. The quantitative estimate of drug-likeness (QED) is 0.348. The van der Waals surface area contributed by atoms with E-state index in [1.807, 2.05) is 0 Å². The van der Waals surface area contributed by atoms with E-state index < -0.39 is 39.4 Å². The van der Waals surface area contributed by atoms with E-state index in [9.17, 15) is 33.3 Å². The molecule has 1 aliphatic heterocycles. The van der Waals surface area contributed by atoms with Crippen LogP contribution in [0.1, 0.15) is 11.1 Å². The van der Waals surface area contributed by atoms with Crippen molar-refractivity contribution in [3.05, 3.63) is 63.2 Å². The fraction of sp³-hybridized carbons (Fsp3) is 0.158. The molecule has 0 bridgehead atoms. The highest BCUT2D eigenvalue weighted by Crippen LogP contribution is 2.39. The van der Waals surface area contributed by atoms with Crippen LogP contribution in [-0.2, 0) is 11.0 Å². The summed E-state index contributed by atoms with van der Waals surface area (Å²) < 4.78 is 50.0. The average molecular weight is 419 g/mol. The monoisotopic (exact) mass is 419 g/mol. The van der Waals surface area contributed by atoms with Gasteiger partial charge < -0.3 is 14.8 Å². The Kier molecular flexibility index (Phi) is 5.59. The van der Waals surface area contributed by atoms with Gasteiger partial charge in [0.25, 0.3) is 11.6 Å². The zero-order chi connectivity index (χ0) is 21.9. The number of ether oxygens (including phenoxy) is 2. The van der Waals surface area contributed by atoms with Gasteiger partial charge in [0.2, 0.25) is 0 Å². The normalized spacial score (nSPS) is 13.3. The number of carbonyl (C=O) groups excluding carboxylic acids is 1. The maximum absolute atomic E-state index is 13.1. The molecule has 0 aromatic heterocycles. The van der Waals surface area contributed by atoms with E-state index in [1.165, 1.54) is 18.2 Å². The number of alkyl halides is 3. The Morgan fingerprint density at radius 1 is 1.20 bits per heavy atom. The lowest BCUT2D eigenvalue weighted by Gasteiger charge is -2.19. The second kappa shape index (κ2) is 8.12. The van der Waals surface area contributed by atoms with Crippen molar-refractivity contribution < 1.29 is 32.4 Å². The van der Waals surface area contributed by atoms with E-state index >= 15 is 0 Å². The number of amides is 1. The second-order valence-corrected chi connectivity index (χ2v) is 5.98. The van der Waals surface area contributed by atoms with Crippen molar-refractivity contribution in [3.8, 4) is 17.6 Å². The molecule has 8 nitrogen and oxygen atoms in total. The van der Waals surface area contributed by atoms with Gasteiger partial charge in [-0.15, -0.1) is 0 Å². The van der Waals surface area contributed by atoms with Crippen LogP contribution in [0.3, 0.4) is 0 Å². The lowest BCUT2D eigenvalue weighted by atomic mass is 10.0. The molecule has 2 aromatic carbocycles. The number of nitro benzene ring substituents is 1. The number of nitrogens with zero attached hydrogens (tertiary/aromatic N) is 2. The zero-order valence-electron chi connectivity index (χ0n) is 15.0. The summed E-state index contributed by atoms with van der Waals surface area (Å²) >= 11 is 0. The Morgan fingerprint density at radius 2 is 1.83 bits per heavy atom. The summed E-state index contributed by atoms with van der Waals surface area (Å²) in [5.74, 6) is -0.859. The van der Waals surface area contributed by atoms with Gasteiger partial charge in [0.1, 0.15) is 30.5 Å². The van der Waals surface area contributed by atoms with Crippen LogP contribution in [0, 0.1) is 21.4 Å². The number of hydrogen-bond acceptors (Lipinski definition) is 6. The van der Waals surface area contributed by atoms with Crippen LogP contribution in [0.2, 0.25) is 0 Å². The van der Waals surface area contributed by atoms with E-state index in [2.05, 4.69) is 5.32 Å². The Labute approximate surface area is 167 Å². The first-order chi connectivity index (χ1) is 14.2. The molecule has 1 N–H and O–H groups in total. The van der Waals surface area contributed by atoms with Crippen LogP contribution in [0.4, 0.5) is 24.5 Å². The highest BCUT2D eigenvalue weighted by molar-refractivity contribution is 6.10. The van der Waals surface area contributed by atoms with E-state index in [-0.39, 0.29) is 30.4 Å². The lowest BCUT2D eigenvalue weighted by molar-refractivity contribution is -0.384. The Balaban J connectivity index is 1.97. The molecule has 0 aliphatic carbocycles. The first kappa shape index (κ1) is 20.7. The lowest BCUT2D eigenvalue weighted by Crippen LogP contribution is -2.18. The van der Waals surface area contributed by atoms with Gasteiger partial charge in [0, 0.05) is 6.07 Å². The summed E-state index contributed by atoms with van der Waals surface area (Å²) in [6.45, 7) is 0.381. The molecule has 1 amide bonds. The molecule has 30 heavy (non-hydrogen) atoms. The van der Waals surface area contributed by atoms with E-state index in [4.69, 9.17) is 9.47 Å². The summed E-state index contributed by atoms with van der Waals surface area (Å²) in [6.07, 6.45) is -3.93. The molecule has 2 aromatic rings. The van der Waals surface area contributed by atoms with Gasteiger partial charge >= 0.3 is 6.18 Å². The minimum atomic E-state index is -4.70. The van der Waals surface area contributed by atoms with E-state index in [0.717, 1.165) is 30.3 Å². The summed E-state index contributed by atoms with van der Waals surface area (Å²) in [6, 6.07) is 8.12. The molecule has 0 unspecified atom stereocenters. The minimum absolute atomic E-state index is 0.112. The smallest absolute Gasteiger partial charge is 0.416 e. The minimum Gasteiger partial charge on any atom is -0.486 e. The molecule has 0 fully saturated rings. The van der Waals surface area contributed by atoms with Gasteiger partial charge in [-0.2, -0.15) is 18.4 Å². The molecule has 154 valence electrons. The maximum atomic E-state index is 13.1. The van der Waals surface area contributed by atoms with Gasteiger partial charge in [-0.05, 0) is 17.7 Å². The Bertz CT molecular complexity index is 1090. The number of carbonyl (C=O) groups is 1. The number of nitriles is 1. The fourth-order valence-corrected chi connectivity index (χ4v) is 2.70. The van der Waals surface area contributed by atoms with Crippen molar-refractivity contribution in [2.75, 3.05) is 18.5 Å². The molecule has 0 saturated heterocycles. The molecule has 1 heterocycles. The molecule has 0 spiro atoms. The fourth-order valence-electron chi connectivity index (χ4n) is 2.70. The summed E-state index contributed by atoms with van der Waals surface area (Å²) in [7, 11) is 0. The topological polar surface area (TPSA) is 114 Å². The molecule has 11 heteroatoms. The van der Waals surface area contributed by atoms with E-state index in [0.29, 0.717) is 0 Å². The number of halogens is 3. The number of benzene rings is 2. The number of rotatable bonds is 4. The van der Waals surface area contributed by atoms with Crippen LogP contribution in [-0.4, -0.2) is 24.0 Å². The number of hydrogen-bond donors (Lipinski definition) is 1. The van der Waals surface area contributed by atoms with Crippen molar-refractivity contribution in [1.82, 2.24) is 0 Å². The summed E-state index contributed by atoms with van der Waals surface area (Å²) in [5.41, 5.74) is -2.92. The van der Waals surface area contributed by atoms with E-state index in [1.54, 1.807) is 0 Å². The largest absolute Gasteiger partial charge is 0.486 e. The number of anilines is 1. The molecule has 3 rings (SSSR count). The Hall–Kier alpha value is -4.07. The van der Waals surface area contributed by atoms with Crippen LogP contribution in [0.25, 0.3) is 6.08 Å². The summed E-state index contributed by atoms with van der Waals surface area (Å²) in [5, 5.41) is 22.8. The first-order valence-corrected chi connectivity index (χ1v) is 8.38. The van der Waals surface area contributed by atoms with Crippen molar-refractivity contribution >= 4 is 23.4 Å².